The highest BCUT2D eigenvalue weighted by Crippen LogP contribution is 2.37. The summed E-state index contributed by atoms with van der Waals surface area (Å²) in [7, 11) is 0. The predicted octanol–water partition coefficient (Wildman–Crippen LogP) is 13.9. The van der Waals surface area contributed by atoms with Crippen molar-refractivity contribution < 1.29 is 98.3 Å². The lowest BCUT2D eigenvalue weighted by molar-refractivity contribution is -0.158. The Bertz CT molecular complexity index is 4090. The highest BCUT2D eigenvalue weighted by atomic mass is 35.6. The van der Waals surface area contributed by atoms with Crippen molar-refractivity contribution in [2.24, 2.45) is 34.3 Å². The van der Waals surface area contributed by atoms with Crippen LogP contribution in [0.1, 0.15) is 177 Å². The number of rotatable bonds is 24. The lowest BCUT2D eigenvalue weighted by Crippen LogP contribution is -2.60. The Morgan fingerprint density at radius 1 is 0.549 bits per heavy atom. The Labute approximate surface area is 681 Å². The molecule has 0 aliphatic carbocycles. The molecule has 9 N–H and O–H groups in total. The molecular weight excluding hydrogens is 1620 g/mol. The molecule has 2 saturated heterocycles. The molecule has 2 aliphatic heterocycles. The van der Waals surface area contributed by atoms with Crippen LogP contribution in [0.3, 0.4) is 0 Å². The number of amides is 6. The van der Waals surface area contributed by atoms with Crippen molar-refractivity contribution in [1.82, 2.24) is 52.1 Å². The number of hydrazine groups is 2. The molecule has 2 fully saturated rings. The molecule has 8 atom stereocenters. The first kappa shape index (κ1) is 97.8. The number of carbonyl (C=O) groups excluding carboxylic acids is 9. The van der Waals surface area contributed by atoms with E-state index in [0.29, 0.717) is 54.1 Å². The number of ketones is 1. The molecule has 0 saturated carbocycles. The second kappa shape index (κ2) is 40.8. The van der Waals surface area contributed by atoms with E-state index in [0.717, 1.165) is 0 Å². The zero-order chi connectivity index (χ0) is 86.1. The largest absolute Gasteiger partial charge is 0.481 e. The number of benzene rings is 2. The fourth-order valence-electron chi connectivity index (χ4n) is 10.5. The number of carbonyl (C=O) groups is 10. The number of hydrogen-bond acceptors (Lipinski definition) is 19. The fraction of sp³-hybridized carbons (Fsp3) is 0.573. The van der Waals surface area contributed by atoms with Gasteiger partial charge in [0.05, 0.1) is 33.9 Å². The first-order valence-corrected chi connectivity index (χ1v) is 38.0. The zero-order valence-electron chi connectivity index (χ0n) is 65.3. The normalized spacial score (nSPS) is 17.1. The highest BCUT2D eigenvalue weighted by Gasteiger charge is 2.46. The molecule has 6 amide bonds. The number of carboxylic acid groups (broad SMARTS) is 1. The number of pyridine rings is 2. The number of alkyl halides is 12. The van der Waals surface area contributed by atoms with E-state index in [4.69, 9.17) is 94.3 Å². The molecule has 113 heavy (non-hydrogen) atoms. The number of alkyl carbamates (subject to hydrolysis) is 2. The Morgan fingerprint density at radius 3 is 1.25 bits per heavy atom. The van der Waals surface area contributed by atoms with Gasteiger partial charge in [0.1, 0.15) is 54.4 Å². The van der Waals surface area contributed by atoms with Crippen molar-refractivity contribution in [2.45, 2.75) is 216 Å². The summed E-state index contributed by atoms with van der Waals surface area (Å²) in [4.78, 5) is 133. The van der Waals surface area contributed by atoms with Crippen LogP contribution in [0.4, 0.5) is 35.9 Å². The number of fused-ring (bicyclic) bond motifs is 2. The number of carboxylic acids is 1. The predicted molar refractivity (Wildman–Crippen MR) is 417 cm³/mol. The molecule has 4 aromatic rings. The van der Waals surface area contributed by atoms with Crippen molar-refractivity contribution in [3.05, 3.63) is 95.3 Å². The number of aliphatic carboxylic acids is 1. The maximum atomic E-state index is 14.0. The van der Waals surface area contributed by atoms with Crippen LogP contribution in [-0.2, 0) is 57.3 Å². The summed E-state index contributed by atoms with van der Waals surface area (Å²) < 4.78 is 99.4. The van der Waals surface area contributed by atoms with Crippen molar-refractivity contribution in [1.29, 1.82) is 0 Å². The standard InChI is InChI=1S/C38H49Cl3F3N5O7.C22H25F3N2O4.C15H25Cl3N4O4/c1-21(2)25(31(51)45-22(3)32(52)49-17-9-10-27(48-49)33(53)55-20-37(39,40)41)19-29(50)36(7,8)16-15-23-11-12-24-13-14-26(46-28(24)18-23)30(38(42,43)44)47-34(54)56-35(4,5)6;1-20(2,3)31-19(30)27-17(22(23,24)25)15-9-8-14-7-6-13(12-16(14)26-15)10-11-21(4,5)18(28)29;1-8(2)11(19)12(23)20-9(3)13(24)22-6-4-5-10(21-22)14(25)26-7-15(16,17)18/h11-16,18,21-22,25,27,30,48H,9-10,17,19-20H2,1-8H3,(H,45,51)(H,47,54);6-12,17H,1-5H3,(H,27,30)(H,28,29);8-11,21H,4-7,19H2,1-3H3,(H,20,23)/b16-15+;11-10+;/t22-,25-,27-,30-;17-;9-,10-,11-/m000/s1. The number of nitrogens with zero attached hydrogens (tertiary/aromatic N) is 4. The van der Waals surface area contributed by atoms with Crippen molar-refractivity contribution in [3.63, 3.8) is 0 Å². The lowest BCUT2D eigenvalue weighted by atomic mass is 9.79. The van der Waals surface area contributed by atoms with Gasteiger partial charge >= 0.3 is 42.4 Å². The van der Waals surface area contributed by atoms with E-state index in [2.05, 4.69) is 31.5 Å². The van der Waals surface area contributed by atoms with E-state index in [9.17, 15) is 79.4 Å². The number of allylic oxidation sites excluding steroid dienone is 1. The van der Waals surface area contributed by atoms with E-state index in [1.165, 1.54) is 81.9 Å². The van der Waals surface area contributed by atoms with Crippen LogP contribution in [0.15, 0.2) is 72.8 Å². The Kier molecular flexibility index (Phi) is 35.3. The second-order valence-corrected chi connectivity index (χ2v) is 35.8. The summed E-state index contributed by atoms with van der Waals surface area (Å²) in [5.41, 5.74) is 8.02. The van der Waals surface area contributed by atoms with Crippen LogP contribution in [0, 0.1) is 28.6 Å². The molecule has 0 spiro atoms. The van der Waals surface area contributed by atoms with Crippen LogP contribution in [-0.4, -0.2) is 172 Å². The minimum Gasteiger partial charge on any atom is -0.481 e. The van der Waals surface area contributed by atoms with Gasteiger partial charge in [0.15, 0.2) is 12.1 Å². The molecule has 2 aromatic carbocycles. The molecule has 628 valence electrons. The van der Waals surface area contributed by atoms with E-state index in [1.54, 1.807) is 110 Å². The Morgan fingerprint density at radius 2 is 0.912 bits per heavy atom. The van der Waals surface area contributed by atoms with Gasteiger partial charge < -0.3 is 51.1 Å². The van der Waals surface area contributed by atoms with Crippen LogP contribution >= 0.6 is 69.6 Å². The number of esters is 2. The number of Topliss-reactive ketones (excluding diaryl/α,β-unsaturated/α-hetero) is 1. The van der Waals surface area contributed by atoms with E-state index in [1.807, 2.05) is 24.5 Å². The quantitative estimate of drug-likeness (QED) is 0.0140. The molecule has 4 heterocycles. The Balaban J connectivity index is 0.000000396. The summed E-state index contributed by atoms with van der Waals surface area (Å²) in [6.07, 6.45) is -4.00. The summed E-state index contributed by atoms with van der Waals surface area (Å²) in [6.45, 7) is 25.7. The number of halogens is 12. The summed E-state index contributed by atoms with van der Waals surface area (Å²) >= 11 is 33.6. The third kappa shape index (κ3) is 32.9. The smallest absolute Gasteiger partial charge is 0.414 e. The molecule has 0 bridgehead atoms. The zero-order valence-corrected chi connectivity index (χ0v) is 69.8. The molecule has 38 heteroatoms. The molecule has 6 rings (SSSR count). The van der Waals surface area contributed by atoms with Gasteiger partial charge in [0, 0.05) is 41.6 Å². The van der Waals surface area contributed by atoms with Gasteiger partial charge in [-0.2, -0.15) is 26.3 Å². The van der Waals surface area contributed by atoms with E-state index < -0.39 is 156 Å². The number of ether oxygens (including phenoxy) is 4. The lowest BCUT2D eigenvalue weighted by Gasteiger charge is -2.34. The molecule has 26 nitrogen and oxygen atoms in total. The van der Waals surface area contributed by atoms with Crippen molar-refractivity contribution >= 4 is 163 Å². The van der Waals surface area contributed by atoms with Gasteiger partial charge in [0.25, 0.3) is 11.8 Å². The SMILES string of the molecule is CC(C)(C)OC(=O)N[C@@H](c1ccc2ccc(/C=C/C(C)(C)C(=O)O)cc2n1)C(F)(F)F.CC(C)[C@H](CC(=O)C(C)(C)/C=C/c1ccc2ccc([C@H](NC(=O)OC(C)(C)C)C(F)(F)F)nc2c1)C(=O)N[C@@H](C)C(=O)N1CCC[C@@H](C(=O)OCC(Cl)(Cl)Cl)N1.CC(C)[C@H](N)C(=O)N[C@@H](C)C(=O)N1CCC[C@@H](C(=O)OCC(Cl)(Cl)Cl)N1. The number of aromatic nitrogens is 2. The molecule has 0 unspecified atom stereocenters. The van der Waals surface area contributed by atoms with Gasteiger partial charge in [-0.25, -0.2) is 20.4 Å². The van der Waals surface area contributed by atoms with Gasteiger partial charge in [-0.3, -0.25) is 58.3 Å². The summed E-state index contributed by atoms with van der Waals surface area (Å²) in [5, 5.41) is 21.9. The summed E-state index contributed by atoms with van der Waals surface area (Å²) in [5.74, 6) is -5.50. The van der Waals surface area contributed by atoms with Crippen LogP contribution in [0.5, 0.6) is 0 Å². The number of nitrogens with two attached hydrogens (primary N) is 1. The van der Waals surface area contributed by atoms with Gasteiger partial charge in [-0.15, -0.1) is 0 Å². The first-order valence-electron chi connectivity index (χ1n) is 35.7. The van der Waals surface area contributed by atoms with Crippen molar-refractivity contribution in [2.75, 3.05) is 26.3 Å². The van der Waals surface area contributed by atoms with E-state index >= 15 is 0 Å². The van der Waals surface area contributed by atoms with Crippen LogP contribution < -0.4 is 37.9 Å². The van der Waals surface area contributed by atoms with E-state index in [-0.39, 0.29) is 54.1 Å². The van der Waals surface area contributed by atoms with Crippen molar-refractivity contribution in [3.8, 4) is 0 Å². The average molecular weight is 1720 g/mol. The minimum absolute atomic E-state index is 0.0533. The first-order chi connectivity index (χ1) is 51.7. The Hall–Kier alpha value is -7.56. The highest BCUT2D eigenvalue weighted by molar-refractivity contribution is 6.68. The third-order valence-electron chi connectivity index (χ3n) is 17.0. The molecule has 2 aliphatic rings. The third-order valence-corrected chi connectivity index (χ3v) is 17.6. The molecular formula is C75H99Cl6F6N11O15. The fourth-order valence-corrected chi connectivity index (χ4v) is 10.8. The van der Waals surface area contributed by atoms with Crippen LogP contribution in [0.2, 0.25) is 0 Å². The van der Waals surface area contributed by atoms with Gasteiger partial charge in [-0.1, -0.05) is 158 Å². The minimum atomic E-state index is -4.86. The monoisotopic (exact) mass is 1720 g/mol. The molecule has 0 radical (unpaired) electrons. The number of nitrogens with one attached hydrogen (secondary N) is 6. The average Bonchev–Trinajstić information content (AvgIpc) is 0.800. The molecule has 2 aromatic heterocycles. The van der Waals surface area contributed by atoms with Gasteiger partial charge in [0.2, 0.25) is 19.4 Å². The summed E-state index contributed by atoms with van der Waals surface area (Å²) in [6, 6.07) is 6.32. The second-order valence-electron chi connectivity index (χ2n) is 30.8. The number of hydrogen-bond donors (Lipinski definition) is 8. The van der Waals surface area contributed by atoms with Gasteiger partial charge in [-0.05, 0) is 156 Å². The van der Waals surface area contributed by atoms with Crippen LogP contribution in [0.25, 0.3) is 34.0 Å². The topological polar surface area (TPSA) is 358 Å². The maximum absolute atomic E-state index is 14.0. The maximum Gasteiger partial charge on any atom is 0.414 e.